The topological polar surface area (TPSA) is 119 Å². The van der Waals surface area contributed by atoms with E-state index in [4.69, 9.17) is 0 Å². The maximum absolute atomic E-state index is 13.8. The number of amides is 3. The second-order valence-corrected chi connectivity index (χ2v) is 11.6. The number of carboxylic acid groups (broad SMARTS) is 1. The molecule has 1 aliphatic rings. The highest BCUT2D eigenvalue weighted by Gasteiger charge is 2.33. The Hall–Kier alpha value is -3.76. The molecular weight excluding hydrogens is 540 g/mol. The van der Waals surface area contributed by atoms with E-state index in [1.807, 2.05) is 52.7 Å². The molecule has 2 heterocycles. The number of nitrogens with one attached hydrogen (secondary N) is 2. The van der Waals surface area contributed by atoms with Crippen LogP contribution in [0.1, 0.15) is 45.6 Å². The summed E-state index contributed by atoms with van der Waals surface area (Å²) in [6, 6.07) is 15.7. The molecule has 41 heavy (non-hydrogen) atoms. The van der Waals surface area contributed by atoms with Crippen LogP contribution in [0.2, 0.25) is 0 Å². The number of carbonyl (C=O) groups excluding carboxylic acids is 3. The first-order chi connectivity index (χ1) is 19.7. The summed E-state index contributed by atoms with van der Waals surface area (Å²) < 4.78 is 0. The van der Waals surface area contributed by atoms with Gasteiger partial charge in [0.2, 0.25) is 17.7 Å². The van der Waals surface area contributed by atoms with Crippen LogP contribution in [0.3, 0.4) is 0 Å². The van der Waals surface area contributed by atoms with Crippen molar-refractivity contribution in [2.24, 2.45) is 5.92 Å². The van der Waals surface area contributed by atoms with Crippen LogP contribution in [-0.4, -0.2) is 64.9 Å². The maximum atomic E-state index is 13.8. The van der Waals surface area contributed by atoms with Crippen LogP contribution in [0.25, 0.3) is 10.8 Å². The monoisotopic (exact) mass is 578 g/mol. The third kappa shape index (κ3) is 7.51. The molecule has 0 bridgehead atoms. The van der Waals surface area contributed by atoms with E-state index < -0.39 is 18.1 Å². The van der Waals surface area contributed by atoms with E-state index in [2.05, 4.69) is 24.5 Å². The van der Waals surface area contributed by atoms with Crippen LogP contribution in [0.15, 0.2) is 60.0 Å². The molecule has 3 amide bonds. The molecule has 1 aromatic heterocycles. The van der Waals surface area contributed by atoms with Gasteiger partial charge in [-0.15, -0.1) is 11.3 Å². The first kappa shape index (κ1) is 30.2. The number of rotatable bonds is 13. The Balaban J connectivity index is 1.64. The molecule has 3 aromatic rings. The van der Waals surface area contributed by atoms with Gasteiger partial charge >= 0.3 is 5.97 Å². The lowest BCUT2D eigenvalue weighted by molar-refractivity contribution is -0.139. The van der Waals surface area contributed by atoms with Gasteiger partial charge in [-0.1, -0.05) is 62.7 Å². The first-order valence-corrected chi connectivity index (χ1v) is 14.9. The molecule has 9 nitrogen and oxygen atoms in total. The number of hydrogen-bond donors (Lipinski definition) is 3. The molecule has 1 fully saturated rings. The largest absolute Gasteiger partial charge is 0.480 e. The Kier molecular flexibility index (Phi) is 10.1. The normalized spacial score (nSPS) is 17.2. The lowest BCUT2D eigenvalue weighted by atomic mass is 9.97. The Morgan fingerprint density at radius 2 is 1.85 bits per heavy atom. The van der Waals surface area contributed by atoms with Gasteiger partial charge < -0.3 is 15.7 Å². The number of thiophene rings is 1. The number of anilines is 1. The minimum absolute atomic E-state index is 0.0400. The maximum Gasteiger partial charge on any atom is 0.326 e. The zero-order valence-electron chi connectivity index (χ0n) is 23.7. The highest BCUT2D eigenvalue weighted by Crippen LogP contribution is 2.26. The van der Waals surface area contributed by atoms with Crippen molar-refractivity contribution < 1.29 is 24.3 Å². The van der Waals surface area contributed by atoms with Crippen LogP contribution >= 0.6 is 11.3 Å². The van der Waals surface area contributed by atoms with Gasteiger partial charge in [-0.25, -0.2) is 4.79 Å². The summed E-state index contributed by atoms with van der Waals surface area (Å²) in [5, 5.41) is 20.2. The van der Waals surface area contributed by atoms with Gasteiger partial charge in [0.1, 0.15) is 12.1 Å². The van der Waals surface area contributed by atoms with Crippen LogP contribution < -0.4 is 15.5 Å². The summed E-state index contributed by atoms with van der Waals surface area (Å²) in [7, 11) is 0. The SMILES string of the molecule is CC[C@H](C)[C@@H](CN(CC(=O)N(c1cccs1)[C@@H](C)C(=O)O)Cc1cccc2ccccc12)NC(=O)[C@@H]1CCC(=O)N1. The predicted octanol–water partition coefficient (Wildman–Crippen LogP) is 4.02. The zero-order chi connectivity index (χ0) is 29.5. The highest BCUT2D eigenvalue weighted by molar-refractivity contribution is 7.14. The van der Waals surface area contributed by atoms with Crippen molar-refractivity contribution in [2.45, 2.75) is 64.7 Å². The molecule has 1 saturated heterocycles. The Morgan fingerprint density at radius 3 is 2.51 bits per heavy atom. The third-order valence-electron chi connectivity index (χ3n) is 7.81. The van der Waals surface area contributed by atoms with E-state index in [-0.39, 0.29) is 36.2 Å². The lowest BCUT2D eigenvalue weighted by Crippen LogP contribution is -2.54. The van der Waals surface area contributed by atoms with Gasteiger partial charge in [-0.05, 0) is 53.1 Å². The smallest absolute Gasteiger partial charge is 0.326 e. The number of aliphatic carboxylic acids is 1. The van der Waals surface area contributed by atoms with Crippen molar-refractivity contribution in [3.63, 3.8) is 0 Å². The van der Waals surface area contributed by atoms with Crippen LogP contribution in [-0.2, 0) is 25.7 Å². The molecule has 0 radical (unpaired) electrons. The summed E-state index contributed by atoms with van der Waals surface area (Å²) in [6.07, 6.45) is 1.59. The van der Waals surface area contributed by atoms with Crippen molar-refractivity contribution in [3.8, 4) is 0 Å². The second-order valence-electron chi connectivity index (χ2n) is 10.7. The summed E-state index contributed by atoms with van der Waals surface area (Å²) >= 11 is 1.31. The van der Waals surface area contributed by atoms with Gasteiger partial charge in [-0.2, -0.15) is 0 Å². The fraction of sp³-hybridized carbons (Fsp3) is 0.419. The molecule has 4 rings (SSSR count). The van der Waals surface area contributed by atoms with Crippen LogP contribution in [0.4, 0.5) is 5.00 Å². The lowest BCUT2D eigenvalue weighted by Gasteiger charge is -2.34. The Bertz CT molecular complexity index is 1370. The average Bonchev–Trinajstić information content (AvgIpc) is 3.64. The molecule has 0 aliphatic carbocycles. The number of benzene rings is 2. The fourth-order valence-corrected chi connectivity index (χ4v) is 6.02. The van der Waals surface area contributed by atoms with Gasteiger partial charge in [0.25, 0.3) is 0 Å². The molecule has 3 N–H and O–H groups in total. The highest BCUT2D eigenvalue weighted by atomic mass is 32.1. The summed E-state index contributed by atoms with van der Waals surface area (Å²) in [4.78, 5) is 54.0. The Morgan fingerprint density at radius 1 is 1.10 bits per heavy atom. The van der Waals surface area contributed by atoms with E-state index in [9.17, 15) is 24.3 Å². The summed E-state index contributed by atoms with van der Waals surface area (Å²) in [6.45, 7) is 6.37. The van der Waals surface area contributed by atoms with E-state index in [0.717, 1.165) is 22.8 Å². The molecule has 0 spiro atoms. The molecule has 0 saturated carbocycles. The number of nitrogens with zero attached hydrogens (tertiary/aromatic N) is 2. The molecule has 2 aromatic carbocycles. The van der Waals surface area contributed by atoms with E-state index >= 15 is 0 Å². The van der Waals surface area contributed by atoms with Gasteiger partial charge in [0.15, 0.2) is 0 Å². The number of carboxylic acids is 1. The minimum Gasteiger partial charge on any atom is -0.480 e. The molecule has 218 valence electrons. The van der Waals surface area contributed by atoms with Crippen LogP contribution in [0.5, 0.6) is 0 Å². The molecule has 0 unspecified atom stereocenters. The van der Waals surface area contributed by atoms with E-state index in [1.165, 1.54) is 23.2 Å². The van der Waals surface area contributed by atoms with E-state index in [1.54, 1.807) is 12.1 Å². The van der Waals surface area contributed by atoms with Crippen LogP contribution in [0, 0.1) is 5.92 Å². The molecule has 4 atom stereocenters. The minimum atomic E-state index is -1.09. The van der Waals surface area contributed by atoms with Crippen molar-refractivity contribution in [2.75, 3.05) is 18.0 Å². The van der Waals surface area contributed by atoms with Crippen molar-refractivity contribution in [1.29, 1.82) is 0 Å². The number of carbonyl (C=O) groups is 4. The molecule has 1 aliphatic heterocycles. The van der Waals surface area contributed by atoms with Gasteiger partial charge in [0, 0.05) is 25.6 Å². The van der Waals surface area contributed by atoms with E-state index in [0.29, 0.717) is 30.9 Å². The van der Waals surface area contributed by atoms with Crippen molar-refractivity contribution in [1.82, 2.24) is 15.5 Å². The second kappa shape index (κ2) is 13.7. The van der Waals surface area contributed by atoms with Gasteiger partial charge in [0.05, 0.1) is 11.5 Å². The fourth-order valence-electron chi connectivity index (χ4n) is 5.20. The first-order valence-electron chi connectivity index (χ1n) is 14.0. The molecule has 10 heteroatoms. The summed E-state index contributed by atoms with van der Waals surface area (Å²) in [5.74, 6) is -1.69. The third-order valence-corrected chi connectivity index (χ3v) is 8.68. The van der Waals surface area contributed by atoms with Crippen molar-refractivity contribution >= 4 is 50.8 Å². The number of hydrogen-bond acceptors (Lipinski definition) is 6. The Labute approximate surface area is 244 Å². The average molecular weight is 579 g/mol. The zero-order valence-corrected chi connectivity index (χ0v) is 24.5. The summed E-state index contributed by atoms with van der Waals surface area (Å²) in [5.41, 5.74) is 1.03. The molecular formula is C31H38N4O5S. The predicted molar refractivity (Wildman–Crippen MR) is 161 cm³/mol. The quantitative estimate of drug-likeness (QED) is 0.282. The van der Waals surface area contributed by atoms with Gasteiger partial charge in [-0.3, -0.25) is 24.2 Å². The standard InChI is InChI=1S/C31H38N4O5S/c1-4-20(2)26(33-30(38)25-14-15-27(36)32-25)18-34(17-23-11-7-10-22-9-5-6-12-24(22)23)19-28(37)35(21(3)31(39)40)29-13-8-16-41-29/h5-13,16,20-21,25-26H,4,14-15,17-19H2,1-3H3,(H,32,36)(H,33,38)(H,39,40)/t20-,21-,25-,26+/m0/s1. The number of fused-ring (bicyclic) bond motifs is 1. The van der Waals surface area contributed by atoms with Crippen molar-refractivity contribution in [3.05, 3.63) is 65.5 Å².